The van der Waals surface area contributed by atoms with E-state index in [1.807, 2.05) is 0 Å². The molecule has 0 fully saturated rings. The molecule has 0 aliphatic rings. The molecule has 0 bridgehead atoms. The standard InChI is InChI=1S/C4H12N2O2/c5-2-1-3(6)4(7)8/h3-4,7-8H,1-2,5-6H2/t3-/m1/s1. The summed E-state index contributed by atoms with van der Waals surface area (Å²) in [6.45, 7) is 0.388. The van der Waals surface area contributed by atoms with Gasteiger partial charge in [-0.1, -0.05) is 0 Å². The Labute approximate surface area is 48.1 Å². The number of hydrogen-bond donors (Lipinski definition) is 4. The van der Waals surface area contributed by atoms with E-state index in [2.05, 4.69) is 0 Å². The summed E-state index contributed by atoms with van der Waals surface area (Å²) in [7, 11) is 0. The van der Waals surface area contributed by atoms with Crippen LogP contribution in [0.1, 0.15) is 6.42 Å². The van der Waals surface area contributed by atoms with Crippen molar-refractivity contribution in [2.45, 2.75) is 18.8 Å². The van der Waals surface area contributed by atoms with Gasteiger partial charge < -0.3 is 21.7 Å². The quantitative estimate of drug-likeness (QED) is 0.323. The van der Waals surface area contributed by atoms with Gasteiger partial charge in [0.1, 0.15) is 0 Å². The van der Waals surface area contributed by atoms with Crippen molar-refractivity contribution < 1.29 is 10.2 Å². The van der Waals surface area contributed by atoms with Gasteiger partial charge in [-0.05, 0) is 13.0 Å². The number of nitrogens with two attached hydrogens (primary N) is 2. The average molecular weight is 120 g/mol. The lowest BCUT2D eigenvalue weighted by atomic mass is 10.2. The summed E-state index contributed by atoms with van der Waals surface area (Å²) in [5.41, 5.74) is 10.2. The first-order valence-corrected chi connectivity index (χ1v) is 2.50. The van der Waals surface area contributed by atoms with Crippen molar-refractivity contribution >= 4 is 0 Å². The van der Waals surface area contributed by atoms with Gasteiger partial charge in [0.2, 0.25) is 0 Å². The Morgan fingerprint density at radius 3 is 2.00 bits per heavy atom. The van der Waals surface area contributed by atoms with Gasteiger partial charge in [-0.15, -0.1) is 0 Å². The molecule has 6 N–H and O–H groups in total. The van der Waals surface area contributed by atoms with E-state index in [-0.39, 0.29) is 0 Å². The third kappa shape index (κ3) is 2.92. The first-order valence-electron chi connectivity index (χ1n) is 2.50. The summed E-state index contributed by atoms with van der Waals surface area (Å²) in [6.07, 6.45) is -0.990. The molecule has 0 aliphatic carbocycles. The Kier molecular flexibility index (Phi) is 3.72. The van der Waals surface area contributed by atoms with Crippen LogP contribution in [0.25, 0.3) is 0 Å². The summed E-state index contributed by atoms with van der Waals surface area (Å²) >= 11 is 0. The molecule has 50 valence electrons. The lowest BCUT2D eigenvalue weighted by Gasteiger charge is -2.10. The van der Waals surface area contributed by atoms with Crippen LogP contribution in [0.5, 0.6) is 0 Å². The van der Waals surface area contributed by atoms with Crippen LogP contribution in [0, 0.1) is 0 Å². The third-order valence-corrected chi connectivity index (χ3v) is 0.883. The molecule has 0 unspecified atom stereocenters. The molecular weight excluding hydrogens is 108 g/mol. The third-order valence-electron chi connectivity index (χ3n) is 0.883. The fraction of sp³-hybridized carbons (Fsp3) is 1.00. The van der Waals surface area contributed by atoms with Gasteiger partial charge in [-0.3, -0.25) is 0 Å². The van der Waals surface area contributed by atoms with E-state index >= 15 is 0 Å². The van der Waals surface area contributed by atoms with Gasteiger partial charge in [0.05, 0.1) is 6.04 Å². The molecule has 0 amide bonds. The van der Waals surface area contributed by atoms with Crippen molar-refractivity contribution in [1.82, 2.24) is 0 Å². The zero-order valence-corrected chi connectivity index (χ0v) is 4.62. The lowest BCUT2D eigenvalue weighted by Crippen LogP contribution is -2.36. The monoisotopic (exact) mass is 120 g/mol. The Hall–Kier alpha value is -0.160. The SMILES string of the molecule is NCC[C@@H](N)C(O)O. The molecule has 1 atom stereocenters. The molecule has 0 heterocycles. The van der Waals surface area contributed by atoms with Crippen molar-refractivity contribution in [3.8, 4) is 0 Å². The molecule has 0 aromatic carbocycles. The molecule has 0 saturated heterocycles. The molecule has 8 heavy (non-hydrogen) atoms. The zero-order chi connectivity index (χ0) is 6.57. The predicted octanol–water partition coefficient (Wildman–Crippen LogP) is -2.03. The maximum absolute atomic E-state index is 8.33. The van der Waals surface area contributed by atoms with Crippen molar-refractivity contribution in [3.63, 3.8) is 0 Å². The second-order valence-corrected chi connectivity index (χ2v) is 1.65. The minimum absolute atomic E-state index is 0.388. The van der Waals surface area contributed by atoms with Crippen LogP contribution >= 0.6 is 0 Å². The topological polar surface area (TPSA) is 92.5 Å². The van der Waals surface area contributed by atoms with Crippen molar-refractivity contribution in [1.29, 1.82) is 0 Å². The van der Waals surface area contributed by atoms with Crippen molar-refractivity contribution in [2.75, 3.05) is 6.54 Å². The highest BCUT2D eigenvalue weighted by atomic mass is 16.5. The van der Waals surface area contributed by atoms with Gasteiger partial charge in [0.15, 0.2) is 6.29 Å². The molecule has 0 rings (SSSR count). The maximum atomic E-state index is 8.33. The molecule has 0 aromatic heterocycles. The van der Waals surface area contributed by atoms with E-state index in [0.29, 0.717) is 13.0 Å². The first kappa shape index (κ1) is 7.84. The molecule has 0 aromatic rings. The highest BCUT2D eigenvalue weighted by Gasteiger charge is 2.07. The maximum Gasteiger partial charge on any atom is 0.166 e. The second-order valence-electron chi connectivity index (χ2n) is 1.65. The summed E-state index contributed by atoms with van der Waals surface area (Å²) in [4.78, 5) is 0. The van der Waals surface area contributed by atoms with E-state index in [4.69, 9.17) is 21.7 Å². The minimum atomic E-state index is -1.43. The van der Waals surface area contributed by atoms with Crippen LogP contribution in [-0.4, -0.2) is 29.1 Å². The van der Waals surface area contributed by atoms with Crippen LogP contribution in [0.3, 0.4) is 0 Å². The minimum Gasteiger partial charge on any atom is -0.367 e. The Morgan fingerprint density at radius 2 is 1.88 bits per heavy atom. The van der Waals surface area contributed by atoms with E-state index < -0.39 is 12.3 Å². The molecule has 0 radical (unpaired) electrons. The number of aliphatic hydroxyl groups is 2. The number of aliphatic hydroxyl groups excluding tert-OH is 1. The van der Waals surface area contributed by atoms with Crippen LogP contribution in [0.15, 0.2) is 0 Å². The first-order chi connectivity index (χ1) is 3.68. The Balaban J connectivity index is 3.17. The molecule has 0 saturated carbocycles. The van der Waals surface area contributed by atoms with E-state index in [1.165, 1.54) is 0 Å². The van der Waals surface area contributed by atoms with Gasteiger partial charge >= 0.3 is 0 Å². The molecule has 4 heteroatoms. The lowest BCUT2D eigenvalue weighted by molar-refractivity contribution is -0.0590. The summed E-state index contributed by atoms with van der Waals surface area (Å²) in [6, 6.07) is -0.597. The fourth-order valence-corrected chi connectivity index (χ4v) is 0.342. The normalized spacial score (nSPS) is 14.6. The number of hydrogen-bond acceptors (Lipinski definition) is 4. The van der Waals surface area contributed by atoms with Crippen molar-refractivity contribution in [2.24, 2.45) is 11.5 Å². The molecule has 0 aliphatic heterocycles. The van der Waals surface area contributed by atoms with Crippen LogP contribution < -0.4 is 11.5 Å². The molecular formula is C4H12N2O2. The predicted molar refractivity (Wildman–Crippen MR) is 29.9 cm³/mol. The van der Waals surface area contributed by atoms with Gasteiger partial charge in [0, 0.05) is 0 Å². The molecule has 4 nitrogen and oxygen atoms in total. The average Bonchev–Trinajstić information content (AvgIpc) is 1.67. The largest absolute Gasteiger partial charge is 0.367 e. The smallest absolute Gasteiger partial charge is 0.166 e. The Bertz CT molecular complexity index is 58.0. The molecule has 0 spiro atoms. The summed E-state index contributed by atoms with van der Waals surface area (Å²) in [5.74, 6) is 0. The van der Waals surface area contributed by atoms with Crippen molar-refractivity contribution in [3.05, 3.63) is 0 Å². The Morgan fingerprint density at radius 1 is 1.38 bits per heavy atom. The highest BCUT2D eigenvalue weighted by Crippen LogP contribution is 1.88. The van der Waals surface area contributed by atoms with Crippen LogP contribution in [0.4, 0.5) is 0 Å². The fourth-order valence-electron chi connectivity index (χ4n) is 0.342. The van der Waals surface area contributed by atoms with Gasteiger partial charge in [0.25, 0.3) is 0 Å². The van der Waals surface area contributed by atoms with E-state index in [0.717, 1.165) is 0 Å². The highest BCUT2D eigenvalue weighted by molar-refractivity contribution is 4.61. The zero-order valence-electron chi connectivity index (χ0n) is 4.62. The van der Waals surface area contributed by atoms with E-state index in [9.17, 15) is 0 Å². The second kappa shape index (κ2) is 3.80. The van der Waals surface area contributed by atoms with Gasteiger partial charge in [-0.25, -0.2) is 0 Å². The number of rotatable bonds is 3. The van der Waals surface area contributed by atoms with Gasteiger partial charge in [-0.2, -0.15) is 0 Å². The summed E-state index contributed by atoms with van der Waals surface area (Å²) < 4.78 is 0. The van der Waals surface area contributed by atoms with Crippen LogP contribution in [0.2, 0.25) is 0 Å². The van der Waals surface area contributed by atoms with Crippen LogP contribution in [-0.2, 0) is 0 Å². The summed E-state index contributed by atoms with van der Waals surface area (Å²) in [5, 5.41) is 16.7. The van der Waals surface area contributed by atoms with E-state index in [1.54, 1.807) is 0 Å².